The van der Waals surface area contributed by atoms with Gasteiger partial charge in [-0.15, -0.1) is 0 Å². The van der Waals surface area contributed by atoms with Crippen LogP contribution in [0.5, 0.6) is 0 Å². The molecule has 0 atom stereocenters. The van der Waals surface area contributed by atoms with Crippen LogP contribution in [-0.4, -0.2) is 13.0 Å². The summed E-state index contributed by atoms with van der Waals surface area (Å²) in [5.74, 6) is 0. The summed E-state index contributed by atoms with van der Waals surface area (Å²) in [6.07, 6.45) is 6.65. The Morgan fingerprint density at radius 2 is 1.35 bits per heavy atom. The Hall–Kier alpha value is -0.350. The smallest absolute Gasteiger partial charge is 0.282 e. The first kappa shape index (κ1) is 19.7. The molecule has 0 heterocycles. The summed E-state index contributed by atoms with van der Waals surface area (Å²) in [4.78, 5) is 0.192. The van der Waals surface area contributed by atoms with E-state index in [9.17, 15) is 13.0 Å². The van der Waals surface area contributed by atoms with Crippen LogP contribution < -0.4 is 0 Å². The van der Waals surface area contributed by atoms with Crippen LogP contribution in [0.2, 0.25) is 0 Å². The lowest BCUT2D eigenvalue weighted by molar-refractivity contribution is 0.289. The highest BCUT2D eigenvalue weighted by atomic mass is 32.2. The third-order valence-corrected chi connectivity index (χ3v) is 6.14. The van der Waals surface area contributed by atoms with E-state index in [0.717, 1.165) is 25.7 Å². The molecule has 4 heteroatoms. The summed E-state index contributed by atoms with van der Waals surface area (Å²) in [6.45, 7) is 12.6. The van der Waals surface area contributed by atoms with E-state index < -0.39 is 10.1 Å². The molecule has 0 fully saturated rings. The monoisotopic (exact) mass is 304 g/mol. The van der Waals surface area contributed by atoms with E-state index in [1.165, 1.54) is 0 Å². The maximum Gasteiger partial charge on any atom is 0.290 e. The lowest BCUT2D eigenvalue weighted by atomic mass is 9.79. The molecule has 0 spiro atoms. The Kier molecular flexibility index (Phi) is 7.47. The van der Waals surface area contributed by atoms with Crippen LogP contribution in [0, 0.1) is 10.8 Å². The normalized spacial score (nSPS) is 14.7. The first-order chi connectivity index (χ1) is 9.05. The topological polar surface area (TPSA) is 54.4 Å². The lowest BCUT2D eigenvalue weighted by Gasteiger charge is -2.28. The van der Waals surface area contributed by atoms with Gasteiger partial charge in [-0.25, -0.2) is 0 Å². The highest BCUT2D eigenvalue weighted by Crippen LogP contribution is 2.37. The van der Waals surface area contributed by atoms with Crippen LogP contribution in [0.15, 0.2) is 11.0 Å². The van der Waals surface area contributed by atoms with Crippen LogP contribution in [0.1, 0.15) is 80.1 Å². The summed E-state index contributed by atoms with van der Waals surface area (Å²) in [5, 5.41) is 0. The molecule has 120 valence electrons. The Bertz CT molecular complexity index is 413. The van der Waals surface area contributed by atoms with Gasteiger partial charge >= 0.3 is 0 Å². The van der Waals surface area contributed by atoms with Gasteiger partial charge in [0.25, 0.3) is 10.1 Å². The van der Waals surface area contributed by atoms with Crippen LogP contribution >= 0.6 is 0 Å². The average molecular weight is 304 g/mol. The van der Waals surface area contributed by atoms with Crippen LogP contribution in [0.4, 0.5) is 0 Å². The van der Waals surface area contributed by atoms with Gasteiger partial charge in [0.05, 0.1) is 4.91 Å². The van der Waals surface area contributed by atoms with Crippen molar-refractivity contribution in [1.29, 1.82) is 0 Å². The van der Waals surface area contributed by atoms with Gasteiger partial charge in [-0.05, 0) is 23.7 Å². The fourth-order valence-corrected chi connectivity index (χ4v) is 2.91. The SMILES string of the molecule is CCC(C)(CC)CC=C(CC(C)(CC)CC)S(=O)(=O)O. The van der Waals surface area contributed by atoms with Gasteiger partial charge in [0, 0.05) is 0 Å². The second kappa shape index (κ2) is 7.60. The van der Waals surface area contributed by atoms with Crippen molar-refractivity contribution in [3.8, 4) is 0 Å². The van der Waals surface area contributed by atoms with E-state index in [2.05, 4.69) is 41.5 Å². The molecule has 0 aromatic rings. The molecule has 0 aliphatic heterocycles. The molecule has 0 rings (SSSR count). The second-order valence-electron chi connectivity index (χ2n) is 6.56. The minimum Gasteiger partial charge on any atom is -0.282 e. The van der Waals surface area contributed by atoms with Crippen molar-refractivity contribution in [3.05, 3.63) is 11.0 Å². The summed E-state index contributed by atoms with van der Waals surface area (Å²) < 4.78 is 32.7. The number of allylic oxidation sites excluding steroid dienone is 2. The van der Waals surface area contributed by atoms with Crippen LogP contribution in [0.3, 0.4) is 0 Å². The van der Waals surface area contributed by atoms with Crippen molar-refractivity contribution in [2.24, 2.45) is 10.8 Å². The van der Waals surface area contributed by atoms with Crippen molar-refractivity contribution < 1.29 is 13.0 Å². The minimum atomic E-state index is -4.10. The lowest BCUT2D eigenvalue weighted by Crippen LogP contribution is -2.19. The van der Waals surface area contributed by atoms with Gasteiger partial charge in [-0.1, -0.05) is 73.3 Å². The fourth-order valence-electron chi connectivity index (χ4n) is 2.09. The molecule has 0 aromatic carbocycles. The maximum atomic E-state index is 11.6. The predicted octanol–water partition coefficient (Wildman–Crippen LogP) is 5.19. The molecule has 0 aliphatic carbocycles. The summed E-state index contributed by atoms with van der Waals surface area (Å²) in [5.41, 5.74) is 0.0290. The third kappa shape index (κ3) is 5.96. The van der Waals surface area contributed by atoms with E-state index in [-0.39, 0.29) is 15.7 Å². The van der Waals surface area contributed by atoms with Crippen molar-refractivity contribution in [3.63, 3.8) is 0 Å². The largest absolute Gasteiger partial charge is 0.290 e. The van der Waals surface area contributed by atoms with Gasteiger partial charge in [-0.3, -0.25) is 4.55 Å². The van der Waals surface area contributed by atoms with E-state index in [0.29, 0.717) is 12.8 Å². The fraction of sp³-hybridized carbons (Fsp3) is 0.875. The minimum absolute atomic E-state index is 0.0730. The molecule has 0 amide bonds. The molecular weight excluding hydrogens is 272 g/mol. The van der Waals surface area contributed by atoms with Crippen LogP contribution in [-0.2, 0) is 10.1 Å². The number of hydrogen-bond acceptors (Lipinski definition) is 2. The molecular formula is C16H32O3S. The highest BCUT2D eigenvalue weighted by molar-refractivity contribution is 7.89. The maximum absolute atomic E-state index is 11.6. The molecule has 3 nitrogen and oxygen atoms in total. The van der Waals surface area contributed by atoms with E-state index >= 15 is 0 Å². The molecule has 0 saturated carbocycles. The van der Waals surface area contributed by atoms with Gasteiger partial charge in [0.15, 0.2) is 0 Å². The zero-order valence-electron chi connectivity index (χ0n) is 14.0. The molecule has 1 N–H and O–H groups in total. The number of hydrogen-bond donors (Lipinski definition) is 1. The van der Waals surface area contributed by atoms with E-state index in [4.69, 9.17) is 0 Å². The first-order valence-electron chi connectivity index (χ1n) is 7.72. The van der Waals surface area contributed by atoms with E-state index in [1.807, 2.05) is 0 Å². The van der Waals surface area contributed by atoms with Crippen molar-refractivity contribution in [1.82, 2.24) is 0 Å². The molecule has 0 radical (unpaired) electrons. The summed E-state index contributed by atoms with van der Waals surface area (Å²) in [6, 6.07) is 0. The van der Waals surface area contributed by atoms with Crippen LogP contribution in [0.25, 0.3) is 0 Å². The first-order valence-corrected chi connectivity index (χ1v) is 9.16. The van der Waals surface area contributed by atoms with Crippen molar-refractivity contribution in [2.45, 2.75) is 80.1 Å². The average Bonchev–Trinajstić information content (AvgIpc) is 2.41. The van der Waals surface area contributed by atoms with Gasteiger partial charge in [0.1, 0.15) is 0 Å². The molecule has 0 aliphatic rings. The Balaban J connectivity index is 5.30. The van der Waals surface area contributed by atoms with Crippen molar-refractivity contribution >= 4 is 10.1 Å². The Morgan fingerprint density at radius 1 is 0.950 bits per heavy atom. The third-order valence-electron chi connectivity index (χ3n) is 5.17. The zero-order valence-corrected chi connectivity index (χ0v) is 14.8. The Labute approximate surface area is 125 Å². The summed E-state index contributed by atoms with van der Waals surface area (Å²) in [7, 11) is -4.10. The second-order valence-corrected chi connectivity index (χ2v) is 8.04. The zero-order chi connectivity index (χ0) is 16.0. The molecule has 0 aromatic heterocycles. The number of rotatable bonds is 9. The van der Waals surface area contributed by atoms with E-state index in [1.54, 1.807) is 6.08 Å². The van der Waals surface area contributed by atoms with Gasteiger partial charge in [0.2, 0.25) is 0 Å². The standard InChI is InChI=1S/C16H32O3S/c1-7-15(5,8-2)12-11-14(20(17,18)19)13-16(6,9-3)10-4/h11H,7-10,12-13H2,1-6H3,(H,17,18,19). The molecule has 20 heavy (non-hydrogen) atoms. The quantitative estimate of drug-likeness (QED) is 0.596. The van der Waals surface area contributed by atoms with Gasteiger partial charge < -0.3 is 0 Å². The predicted molar refractivity (Wildman–Crippen MR) is 86.2 cm³/mol. The van der Waals surface area contributed by atoms with Crippen molar-refractivity contribution in [2.75, 3.05) is 0 Å². The molecule has 0 unspecified atom stereocenters. The molecule has 0 bridgehead atoms. The highest BCUT2D eigenvalue weighted by Gasteiger charge is 2.27. The molecule has 0 saturated heterocycles. The van der Waals surface area contributed by atoms with Gasteiger partial charge in [-0.2, -0.15) is 8.42 Å². The Morgan fingerprint density at radius 3 is 1.65 bits per heavy atom. The summed E-state index contributed by atoms with van der Waals surface area (Å²) >= 11 is 0.